The molecule has 2 aromatic carbocycles. The zero-order valence-electron chi connectivity index (χ0n) is 20.3. The fourth-order valence-electron chi connectivity index (χ4n) is 4.55. The van der Waals surface area contributed by atoms with Gasteiger partial charge in [-0.3, -0.25) is 9.78 Å². The zero-order valence-corrected chi connectivity index (χ0v) is 20.3. The van der Waals surface area contributed by atoms with Crippen LogP contribution in [0.15, 0.2) is 73.1 Å². The first-order chi connectivity index (χ1) is 17.0. The second-order valence-electron chi connectivity index (χ2n) is 8.76. The molecule has 0 bridgehead atoms. The molecule has 182 valence electrons. The van der Waals surface area contributed by atoms with E-state index in [4.69, 9.17) is 4.74 Å². The minimum atomic E-state index is -1.11. The van der Waals surface area contributed by atoms with Crippen LogP contribution in [0.1, 0.15) is 37.0 Å². The highest BCUT2D eigenvalue weighted by atomic mass is 16.5. The van der Waals surface area contributed by atoms with Crippen molar-refractivity contribution >= 4 is 23.4 Å². The van der Waals surface area contributed by atoms with Crippen LogP contribution in [0.2, 0.25) is 0 Å². The van der Waals surface area contributed by atoms with Crippen molar-refractivity contribution in [3.8, 4) is 0 Å². The summed E-state index contributed by atoms with van der Waals surface area (Å²) in [5.74, 6) is -0.249. The lowest BCUT2D eigenvalue weighted by atomic mass is 9.77. The number of pyridine rings is 1. The van der Waals surface area contributed by atoms with Crippen LogP contribution in [-0.2, 0) is 29.0 Å². The molecule has 1 atom stereocenters. The summed E-state index contributed by atoms with van der Waals surface area (Å²) >= 11 is 0. The Bertz CT molecular complexity index is 1150. The Morgan fingerprint density at radius 1 is 1.00 bits per heavy atom. The summed E-state index contributed by atoms with van der Waals surface area (Å²) in [6.45, 7) is 6.14. The van der Waals surface area contributed by atoms with Gasteiger partial charge in [-0.15, -0.1) is 0 Å². The van der Waals surface area contributed by atoms with E-state index in [9.17, 15) is 9.59 Å². The van der Waals surface area contributed by atoms with Gasteiger partial charge in [-0.05, 0) is 68.1 Å². The summed E-state index contributed by atoms with van der Waals surface area (Å²) in [5.41, 5.74) is 3.71. The standard InChI is InChI=1S/C28H32N4O3/c1-3-32(4-2)25-13-11-24(12-14-25)30-26(33)28(16-15-22-9-5-6-10-23(22)18-28)31-27(34)35-20-21-8-7-17-29-19-21/h5-14,17,19H,3-4,15-16,18,20H2,1-2H3,(H,30,33)(H,31,34). The maximum absolute atomic E-state index is 13.6. The Hall–Kier alpha value is -3.87. The molecule has 0 saturated carbocycles. The van der Waals surface area contributed by atoms with E-state index < -0.39 is 11.6 Å². The number of fused-ring (bicyclic) bond motifs is 1. The van der Waals surface area contributed by atoms with Gasteiger partial charge < -0.3 is 20.3 Å². The van der Waals surface area contributed by atoms with Gasteiger partial charge in [0, 0.05) is 48.8 Å². The van der Waals surface area contributed by atoms with E-state index in [1.165, 1.54) is 5.56 Å². The van der Waals surface area contributed by atoms with E-state index in [1.807, 2.05) is 48.5 Å². The van der Waals surface area contributed by atoms with Gasteiger partial charge in [0.25, 0.3) is 5.91 Å². The van der Waals surface area contributed by atoms with E-state index >= 15 is 0 Å². The highest BCUT2D eigenvalue weighted by Gasteiger charge is 2.43. The Labute approximate surface area is 206 Å². The van der Waals surface area contributed by atoms with Crippen LogP contribution in [-0.4, -0.2) is 35.6 Å². The molecule has 0 saturated heterocycles. The van der Waals surface area contributed by atoms with Crippen LogP contribution < -0.4 is 15.5 Å². The van der Waals surface area contributed by atoms with E-state index in [2.05, 4.69) is 40.4 Å². The fourth-order valence-corrected chi connectivity index (χ4v) is 4.55. The first-order valence-corrected chi connectivity index (χ1v) is 12.1. The molecule has 0 spiro atoms. The predicted molar refractivity (Wildman–Crippen MR) is 137 cm³/mol. The maximum Gasteiger partial charge on any atom is 0.408 e. The van der Waals surface area contributed by atoms with Gasteiger partial charge in [0.05, 0.1) is 0 Å². The zero-order chi connectivity index (χ0) is 24.7. The van der Waals surface area contributed by atoms with Crippen molar-refractivity contribution in [2.24, 2.45) is 0 Å². The van der Waals surface area contributed by atoms with Gasteiger partial charge in [0.15, 0.2) is 0 Å². The third kappa shape index (κ3) is 5.80. The number of carbonyl (C=O) groups is 2. The molecule has 0 aliphatic heterocycles. The van der Waals surface area contributed by atoms with Crippen molar-refractivity contribution in [2.45, 2.75) is 45.3 Å². The number of hydrogen-bond acceptors (Lipinski definition) is 5. The molecule has 3 aromatic rings. The van der Waals surface area contributed by atoms with Crippen molar-refractivity contribution < 1.29 is 14.3 Å². The minimum absolute atomic E-state index is 0.0841. The number of hydrogen-bond donors (Lipinski definition) is 2. The van der Waals surface area contributed by atoms with Gasteiger partial charge in [-0.1, -0.05) is 30.3 Å². The first kappa shape index (κ1) is 24.3. The average Bonchev–Trinajstić information content (AvgIpc) is 2.89. The molecule has 1 heterocycles. The van der Waals surface area contributed by atoms with Crippen LogP contribution >= 0.6 is 0 Å². The van der Waals surface area contributed by atoms with Crippen LogP contribution in [0.25, 0.3) is 0 Å². The van der Waals surface area contributed by atoms with E-state index in [-0.39, 0.29) is 12.5 Å². The van der Waals surface area contributed by atoms with Gasteiger partial charge in [-0.2, -0.15) is 0 Å². The van der Waals surface area contributed by atoms with Crippen LogP contribution in [0.3, 0.4) is 0 Å². The molecule has 7 heteroatoms. The lowest BCUT2D eigenvalue weighted by Gasteiger charge is -2.37. The van der Waals surface area contributed by atoms with Crippen LogP contribution in [0.5, 0.6) is 0 Å². The molecule has 0 fully saturated rings. The topological polar surface area (TPSA) is 83.6 Å². The first-order valence-electron chi connectivity index (χ1n) is 12.1. The molecule has 1 aliphatic carbocycles. The van der Waals surface area contributed by atoms with Crippen molar-refractivity contribution in [1.29, 1.82) is 0 Å². The Kier molecular flexibility index (Phi) is 7.65. The molecule has 1 aromatic heterocycles. The quantitative estimate of drug-likeness (QED) is 0.496. The largest absolute Gasteiger partial charge is 0.445 e. The number of carbonyl (C=O) groups excluding carboxylic acids is 2. The van der Waals surface area contributed by atoms with Crippen molar-refractivity contribution in [2.75, 3.05) is 23.3 Å². The SMILES string of the molecule is CCN(CC)c1ccc(NC(=O)C2(NC(=O)OCc3cccnc3)CCc3ccccc3C2)cc1. The number of benzene rings is 2. The molecule has 4 rings (SSSR count). The molecule has 2 amide bonds. The Morgan fingerprint density at radius 2 is 1.74 bits per heavy atom. The van der Waals surface area contributed by atoms with Crippen molar-refractivity contribution in [1.82, 2.24) is 10.3 Å². The van der Waals surface area contributed by atoms with Gasteiger partial charge in [-0.25, -0.2) is 4.79 Å². The van der Waals surface area contributed by atoms with E-state index in [0.29, 0.717) is 24.9 Å². The van der Waals surface area contributed by atoms with E-state index in [0.717, 1.165) is 29.9 Å². The summed E-state index contributed by atoms with van der Waals surface area (Å²) < 4.78 is 5.44. The number of nitrogens with one attached hydrogen (secondary N) is 2. The highest BCUT2D eigenvalue weighted by Crippen LogP contribution is 2.30. The normalized spacial score (nSPS) is 16.6. The van der Waals surface area contributed by atoms with Crippen LogP contribution in [0.4, 0.5) is 16.2 Å². The number of nitrogens with zero attached hydrogens (tertiary/aromatic N) is 2. The highest BCUT2D eigenvalue weighted by molar-refractivity contribution is 6.00. The summed E-state index contributed by atoms with van der Waals surface area (Å²) in [6, 6.07) is 19.5. The summed E-state index contributed by atoms with van der Waals surface area (Å²) in [5, 5.41) is 5.94. The molecule has 7 nitrogen and oxygen atoms in total. The summed E-state index contributed by atoms with van der Waals surface area (Å²) in [6.07, 6.45) is 4.25. The molecular weight excluding hydrogens is 440 g/mol. The van der Waals surface area contributed by atoms with Gasteiger partial charge in [0.2, 0.25) is 0 Å². The Morgan fingerprint density at radius 3 is 2.43 bits per heavy atom. The molecule has 2 N–H and O–H groups in total. The molecule has 1 unspecified atom stereocenters. The minimum Gasteiger partial charge on any atom is -0.445 e. The van der Waals surface area contributed by atoms with Crippen LogP contribution in [0, 0.1) is 0 Å². The lowest BCUT2D eigenvalue weighted by molar-refractivity contribution is -0.122. The number of aryl methyl sites for hydroxylation is 1. The lowest BCUT2D eigenvalue weighted by Crippen LogP contribution is -2.60. The third-order valence-corrected chi connectivity index (χ3v) is 6.55. The number of alkyl carbamates (subject to hydrolysis) is 1. The van der Waals surface area contributed by atoms with Gasteiger partial charge in [0.1, 0.15) is 12.1 Å². The molecular formula is C28H32N4O3. The Balaban J connectivity index is 1.51. The van der Waals surface area contributed by atoms with E-state index in [1.54, 1.807) is 18.5 Å². The smallest absolute Gasteiger partial charge is 0.408 e. The predicted octanol–water partition coefficient (Wildman–Crippen LogP) is 4.72. The number of rotatable bonds is 8. The monoisotopic (exact) mass is 472 g/mol. The molecule has 35 heavy (non-hydrogen) atoms. The van der Waals surface area contributed by atoms with Gasteiger partial charge >= 0.3 is 6.09 Å². The van der Waals surface area contributed by atoms with Crippen molar-refractivity contribution in [3.63, 3.8) is 0 Å². The summed E-state index contributed by atoms with van der Waals surface area (Å²) in [4.78, 5) is 32.7. The second-order valence-corrected chi connectivity index (χ2v) is 8.76. The average molecular weight is 473 g/mol. The third-order valence-electron chi connectivity index (χ3n) is 6.55. The number of amides is 2. The fraction of sp³-hybridized carbons (Fsp3) is 0.321. The number of anilines is 2. The maximum atomic E-state index is 13.6. The molecule has 1 aliphatic rings. The summed E-state index contributed by atoms with van der Waals surface area (Å²) in [7, 11) is 0. The number of ether oxygens (including phenoxy) is 1. The second kappa shape index (κ2) is 11.0. The number of aromatic nitrogens is 1. The van der Waals surface area contributed by atoms with Crippen molar-refractivity contribution in [3.05, 3.63) is 89.7 Å². The molecule has 0 radical (unpaired) electrons.